The third-order valence-electron chi connectivity index (χ3n) is 3.14. The number of fused-ring (bicyclic) bond motifs is 1. The van der Waals surface area contributed by atoms with Gasteiger partial charge in [0.2, 0.25) is 0 Å². The van der Waals surface area contributed by atoms with E-state index in [1.165, 1.54) is 5.56 Å². The molecule has 0 saturated carbocycles. The molecule has 1 aliphatic heterocycles. The Bertz CT molecular complexity index is 536. The molecule has 1 aromatic heterocycles. The van der Waals surface area contributed by atoms with Crippen molar-refractivity contribution in [1.29, 1.82) is 0 Å². The lowest BCUT2D eigenvalue weighted by Crippen LogP contribution is -2.22. The molecule has 0 amide bonds. The van der Waals surface area contributed by atoms with Crippen molar-refractivity contribution >= 4 is 0 Å². The number of aryl methyl sites for hydroxylation is 1. The van der Waals surface area contributed by atoms with Crippen LogP contribution in [-0.2, 0) is 6.42 Å². The van der Waals surface area contributed by atoms with Gasteiger partial charge in [-0.1, -0.05) is 31.2 Å². The van der Waals surface area contributed by atoms with Crippen LogP contribution in [0.5, 0.6) is 11.6 Å². The van der Waals surface area contributed by atoms with Gasteiger partial charge < -0.3 is 9.47 Å². The molecule has 0 spiro atoms. The summed E-state index contributed by atoms with van der Waals surface area (Å²) >= 11 is 0. The second-order valence-electron chi connectivity index (χ2n) is 4.32. The Kier molecular flexibility index (Phi) is 2.89. The molecule has 0 fully saturated rings. The van der Waals surface area contributed by atoms with Gasteiger partial charge in [-0.25, -0.2) is 4.98 Å². The molecule has 0 saturated heterocycles. The van der Waals surface area contributed by atoms with E-state index in [2.05, 4.69) is 36.2 Å². The van der Waals surface area contributed by atoms with Gasteiger partial charge in [0, 0.05) is 6.20 Å². The van der Waals surface area contributed by atoms with Crippen LogP contribution in [0.4, 0.5) is 0 Å². The molecular weight excluding hydrogens is 226 g/mol. The average molecular weight is 241 g/mol. The summed E-state index contributed by atoms with van der Waals surface area (Å²) in [5.41, 5.74) is 2.46. The summed E-state index contributed by atoms with van der Waals surface area (Å²) in [7, 11) is 0. The van der Waals surface area contributed by atoms with Gasteiger partial charge in [-0.2, -0.15) is 0 Å². The van der Waals surface area contributed by atoms with Crippen molar-refractivity contribution < 1.29 is 9.47 Å². The molecule has 1 aliphatic rings. The summed E-state index contributed by atoms with van der Waals surface area (Å²) in [4.78, 5) is 4.18. The Morgan fingerprint density at radius 1 is 1.22 bits per heavy atom. The zero-order chi connectivity index (χ0) is 12.4. The van der Waals surface area contributed by atoms with Crippen LogP contribution in [0.3, 0.4) is 0 Å². The van der Waals surface area contributed by atoms with E-state index in [1.807, 2.05) is 12.1 Å². The van der Waals surface area contributed by atoms with E-state index in [0.717, 1.165) is 17.7 Å². The van der Waals surface area contributed by atoms with Crippen LogP contribution in [0, 0.1) is 0 Å². The third-order valence-corrected chi connectivity index (χ3v) is 3.14. The first kappa shape index (κ1) is 11.1. The molecule has 92 valence electrons. The summed E-state index contributed by atoms with van der Waals surface area (Å²) in [5.74, 6) is 1.30. The Morgan fingerprint density at radius 2 is 2.06 bits per heavy atom. The predicted octanol–water partition coefficient (Wildman–Crippen LogP) is 3.16. The van der Waals surface area contributed by atoms with E-state index in [9.17, 15) is 0 Å². The van der Waals surface area contributed by atoms with Gasteiger partial charge in [0.1, 0.15) is 6.61 Å². The highest BCUT2D eigenvalue weighted by Crippen LogP contribution is 2.33. The highest BCUT2D eigenvalue weighted by Gasteiger charge is 2.22. The standard InChI is InChI=1S/C15H15NO2/c1-2-11-5-7-12(8-6-11)14-10-17-13-4-3-9-16-15(13)18-14/h3-9,14H,2,10H2,1H3. The molecule has 18 heavy (non-hydrogen) atoms. The Morgan fingerprint density at radius 3 is 2.83 bits per heavy atom. The molecule has 0 N–H and O–H groups in total. The number of aromatic nitrogens is 1. The van der Waals surface area contributed by atoms with Crippen molar-refractivity contribution in [2.45, 2.75) is 19.4 Å². The van der Waals surface area contributed by atoms with Gasteiger partial charge in [-0.3, -0.25) is 0 Å². The van der Waals surface area contributed by atoms with Gasteiger partial charge in [0.05, 0.1) is 0 Å². The monoisotopic (exact) mass is 241 g/mol. The number of ether oxygens (including phenoxy) is 2. The van der Waals surface area contributed by atoms with Gasteiger partial charge in [0.15, 0.2) is 11.9 Å². The number of nitrogens with zero attached hydrogens (tertiary/aromatic N) is 1. The number of hydrogen-bond donors (Lipinski definition) is 0. The normalized spacial score (nSPS) is 17.5. The second kappa shape index (κ2) is 4.69. The molecule has 2 heterocycles. The first-order valence-electron chi connectivity index (χ1n) is 6.20. The molecule has 3 rings (SSSR count). The predicted molar refractivity (Wildman–Crippen MR) is 68.9 cm³/mol. The highest BCUT2D eigenvalue weighted by molar-refractivity contribution is 5.35. The molecule has 0 radical (unpaired) electrons. The van der Waals surface area contributed by atoms with Crippen LogP contribution < -0.4 is 9.47 Å². The molecule has 0 aliphatic carbocycles. The van der Waals surface area contributed by atoms with Gasteiger partial charge >= 0.3 is 0 Å². The SMILES string of the molecule is CCc1ccc(C2COc3cccnc3O2)cc1. The summed E-state index contributed by atoms with van der Waals surface area (Å²) in [6, 6.07) is 12.2. The minimum atomic E-state index is -0.0710. The Hall–Kier alpha value is -2.03. The minimum Gasteiger partial charge on any atom is -0.484 e. The maximum Gasteiger partial charge on any atom is 0.257 e. The molecule has 1 atom stereocenters. The number of hydrogen-bond acceptors (Lipinski definition) is 3. The average Bonchev–Trinajstić information content (AvgIpc) is 2.47. The number of benzene rings is 1. The molecule has 1 aromatic carbocycles. The number of rotatable bonds is 2. The molecular formula is C15H15NO2. The summed E-state index contributed by atoms with van der Waals surface area (Å²) < 4.78 is 11.5. The quantitative estimate of drug-likeness (QED) is 0.809. The summed E-state index contributed by atoms with van der Waals surface area (Å²) in [5, 5.41) is 0. The van der Waals surface area contributed by atoms with Crippen LogP contribution >= 0.6 is 0 Å². The van der Waals surface area contributed by atoms with E-state index in [1.54, 1.807) is 6.20 Å². The van der Waals surface area contributed by atoms with Gasteiger partial charge in [-0.05, 0) is 29.7 Å². The fraction of sp³-hybridized carbons (Fsp3) is 0.267. The van der Waals surface area contributed by atoms with Crippen LogP contribution in [0.2, 0.25) is 0 Å². The lowest BCUT2D eigenvalue weighted by Gasteiger charge is -2.25. The zero-order valence-corrected chi connectivity index (χ0v) is 10.3. The fourth-order valence-corrected chi connectivity index (χ4v) is 2.04. The third kappa shape index (κ3) is 2.04. The Balaban J connectivity index is 1.82. The first-order chi connectivity index (χ1) is 8.86. The zero-order valence-electron chi connectivity index (χ0n) is 10.3. The minimum absolute atomic E-state index is 0.0710. The van der Waals surface area contributed by atoms with Crippen LogP contribution in [0.1, 0.15) is 24.2 Å². The lowest BCUT2D eigenvalue weighted by atomic mass is 10.1. The van der Waals surface area contributed by atoms with Crippen molar-refractivity contribution in [3.63, 3.8) is 0 Å². The topological polar surface area (TPSA) is 31.4 Å². The van der Waals surface area contributed by atoms with Crippen LogP contribution in [0.15, 0.2) is 42.6 Å². The van der Waals surface area contributed by atoms with E-state index >= 15 is 0 Å². The molecule has 3 heteroatoms. The largest absolute Gasteiger partial charge is 0.484 e. The maximum atomic E-state index is 5.86. The van der Waals surface area contributed by atoms with E-state index in [4.69, 9.17) is 9.47 Å². The van der Waals surface area contributed by atoms with Crippen molar-refractivity contribution in [3.05, 3.63) is 53.7 Å². The van der Waals surface area contributed by atoms with Crippen molar-refractivity contribution in [1.82, 2.24) is 4.98 Å². The van der Waals surface area contributed by atoms with E-state index in [0.29, 0.717) is 12.5 Å². The maximum absolute atomic E-state index is 5.86. The van der Waals surface area contributed by atoms with Crippen molar-refractivity contribution in [2.75, 3.05) is 6.61 Å². The van der Waals surface area contributed by atoms with Crippen molar-refractivity contribution in [3.8, 4) is 11.6 Å². The fourth-order valence-electron chi connectivity index (χ4n) is 2.04. The van der Waals surface area contributed by atoms with Crippen LogP contribution in [-0.4, -0.2) is 11.6 Å². The van der Waals surface area contributed by atoms with Gasteiger partial charge in [0.25, 0.3) is 5.88 Å². The van der Waals surface area contributed by atoms with Crippen molar-refractivity contribution in [2.24, 2.45) is 0 Å². The summed E-state index contributed by atoms with van der Waals surface area (Å²) in [6.45, 7) is 2.68. The van der Waals surface area contributed by atoms with E-state index < -0.39 is 0 Å². The molecule has 3 nitrogen and oxygen atoms in total. The first-order valence-corrected chi connectivity index (χ1v) is 6.20. The van der Waals surface area contributed by atoms with E-state index in [-0.39, 0.29) is 6.10 Å². The molecule has 1 unspecified atom stereocenters. The number of pyridine rings is 1. The second-order valence-corrected chi connectivity index (χ2v) is 4.32. The summed E-state index contributed by atoms with van der Waals surface area (Å²) in [6.07, 6.45) is 2.69. The van der Waals surface area contributed by atoms with Crippen LogP contribution in [0.25, 0.3) is 0 Å². The molecule has 0 bridgehead atoms. The Labute approximate surface area is 106 Å². The lowest BCUT2D eigenvalue weighted by molar-refractivity contribution is 0.0851. The molecule has 2 aromatic rings. The van der Waals surface area contributed by atoms with Gasteiger partial charge in [-0.15, -0.1) is 0 Å². The smallest absolute Gasteiger partial charge is 0.257 e. The highest BCUT2D eigenvalue weighted by atomic mass is 16.6.